The molecule has 0 bridgehead atoms. The summed E-state index contributed by atoms with van der Waals surface area (Å²) in [6.07, 6.45) is 24.0. The number of rotatable bonds is 0. The summed E-state index contributed by atoms with van der Waals surface area (Å²) >= 11 is 0. The molecule has 6 aromatic rings. The highest BCUT2D eigenvalue weighted by molar-refractivity contribution is 6.49. The molecule has 19 nitrogen and oxygen atoms in total. The van der Waals surface area contributed by atoms with E-state index in [1.165, 1.54) is 6.33 Å². The third-order valence-electron chi connectivity index (χ3n) is 5.45. The van der Waals surface area contributed by atoms with E-state index in [9.17, 15) is 0 Å². The number of aromatic nitrogens is 14. The van der Waals surface area contributed by atoms with Crippen LogP contribution >= 0.6 is 0 Å². The van der Waals surface area contributed by atoms with Gasteiger partial charge in [0.15, 0.2) is 17.5 Å². The SMILES string of the molecule is C1=c2cccnc2=NC1.C1COCCN1.CN=C1C=CC=CC1=N.c1cn[nH]c1.c1cn[nH]n1.c1cnc2[nH]ncc2n1.c1nn[nH]n1. The van der Waals surface area contributed by atoms with Crippen LogP contribution in [0.1, 0.15) is 0 Å². The van der Waals surface area contributed by atoms with Crippen molar-refractivity contribution in [1.82, 2.24) is 76.7 Å². The summed E-state index contributed by atoms with van der Waals surface area (Å²) in [7, 11) is 1.69. The number of ether oxygens (including phenoxy) is 1. The van der Waals surface area contributed by atoms with Crippen LogP contribution in [-0.2, 0) is 4.74 Å². The number of tetrazole rings is 1. The van der Waals surface area contributed by atoms with E-state index in [-0.39, 0.29) is 0 Å². The molecule has 8 heterocycles. The maximum Gasteiger partial charge on any atom is 0.174 e. The molecule has 6 aromatic heterocycles. The van der Waals surface area contributed by atoms with E-state index >= 15 is 0 Å². The molecular weight excluding hydrogens is 616 g/mol. The molecule has 48 heavy (non-hydrogen) atoms. The second kappa shape index (κ2) is 23.9. The minimum Gasteiger partial charge on any atom is -0.379 e. The molecule has 19 heteroatoms. The standard InChI is InChI=1S/C7H6N2.C7H8N2.C5H4N4.C4H9NO.C3H4N2.C2H3N3.CH2N4/c1-2-6-3-5-9-7(6)8-4-1;1-9-7-5-3-2-4-6(7)8;1-2-7-5-4(6-1)3-8-9-5;1-3-6-4-2-5-1;3*1-2-4-5-3-1/h1-4H,5H2;2-5,8H,1H3;1-3H,(H,7,8,9);5H,1-4H2;1-3H,(H,4,5);1-2H,(H,3,4,5);1H,(H,2,3,4,5). The van der Waals surface area contributed by atoms with Crippen LogP contribution in [0.5, 0.6) is 0 Å². The van der Waals surface area contributed by atoms with Crippen LogP contribution in [0, 0.1) is 5.41 Å². The summed E-state index contributed by atoms with van der Waals surface area (Å²) < 4.78 is 5.01. The second-order valence-corrected chi connectivity index (χ2v) is 8.71. The van der Waals surface area contributed by atoms with Crippen molar-refractivity contribution >= 4 is 28.7 Å². The lowest BCUT2D eigenvalue weighted by Gasteiger charge is -2.10. The Morgan fingerprint density at radius 2 is 1.67 bits per heavy atom. The number of allylic oxidation sites excluding steroid dienone is 4. The third kappa shape index (κ3) is 15.5. The van der Waals surface area contributed by atoms with Crippen molar-refractivity contribution in [1.29, 1.82) is 5.41 Å². The summed E-state index contributed by atoms with van der Waals surface area (Å²) in [6, 6.07) is 5.79. The van der Waals surface area contributed by atoms with Gasteiger partial charge in [-0.2, -0.15) is 30.8 Å². The first-order valence-electron chi connectivity index (χ1n) is 14.4. The Labute approximate surface area is 274 Å². The van der Waals surface area contributed by atoms with Gasteiger partial charge < -0.3 is 10.1 Å². The first kappa shape index (κ1) is 36.0. The molecule has 2 aliphatic heterocycles. The minimum absolute atomic E-state index is 0.486. The number of pyridine rings is 1. The molecule has 6 N–H and O–H groups in total. The lowest BCUT2D eigenvalue weighted by atomic mass is 10.1. The topological polar surface area (TPSA) is 262 Å². The van der Waals surface area contributed by atoms with Crippen LogP contribution in [0.4, 0.5) is 0 Å². The van der Waals surface area contributed by atoms with E-state index in [2.05, 4.69) is 92.8 Å². The van der Waals surface area contributed by atoms with Crippen LogP contribution in [0.2, 0.25) is 0 Å². The predicted octanol–water partition coefficient (Wildman–Crippen LogP) is 0.0715. The third-order valence-corrected chi connectivity index (χ3v) is 5.45. The van der Waals surface area contributed by atoms with Gasteiger partial charge in [-0.3, -0.25) is 25.6 Å². The van der Waals surface area contributed by atoms with Crippen molar-refractivity contribution in [3.8, 4) is 0 Å². The fourth-order valence-electron chi connectivity index (χ4n) is 3.31. The van der Waals surface area contributed by atoms with Gasteiger partial charge in [0.1, 0.15) is 5.52 Å². The number of fused-ring (bicyclic) bond motifs is 2. The van der Waals surface area contributed by atoms with E-state index in [4.69, 9.17) is 10.1 Å². The molecule has 0 spiro atoms. The van der Waals surface area contributed by atoms with Gasteiger partial charge in [-0.15, -0.1) is 10.2 Å². The van der Waals surface area contributed by atoms with Crippen molar-refractivity contribution in [3.05, 3.63) is 109 Å². The summed E-state index contributed by atoms with van der Waals surface area (Å²) in [5.74, 6) is 0. The molecule has 248 valence electrons. The maximum atomic E-state index is 7.28. The number of nitrogens with zero attached hydrogens (tertiary/aromatic N) is 12. The largest absolute Gasteiger partial charge is 0.379 e. The van der Waals surface area contributed by atoms with Crippen molar-refractivity contribution < 1.29 is 4.74 Å². The van der Waals surface area contributed by atoms with Crippen LogP contribution in [0.3, 0.4) is 0 Å². The fourth-order valence-corrected chi connectivity index (χ4v) is 3.31. The Balaban J connectivity index is 0.000000154. The Morgan fingerprint density at radius 3 is 2.17 bits per heavy atom. The summed E-state index contributed by atoms with van der Waals surface area (Å²) in [4.78, 5) is 20.0. The van der Waals surface area contributed by atoms with Gasteiger partial charge >= 0.3 is 0 Å². The van der Waals surface area contributed by atoms with Gasteiger partial charge in [-0.1, -0.05) is 23.4 Å². The molecular formula is C29H36N18O. The highest BCUT2D eigenvalue weighted by Crippen LogP contribution is 1.99. The molecule has 0 saturated carbocycles. The smallest absolute Gasteiger partial charge is 0.174 e. The number of nitrogens with one attached hydrogen (secondary N) is 6. The zero-order valence-corrected chi connectivity index (χ0v) is 26.1. The highest BCUT2D eigenvalue weighted by atomic mass is 16.5. The number of hydrogen-bond donors (Lipinski definition) is 6. The first-order chi connectivity index (χ1) is 23.8. The molecule has 1 saturated heterocycles. The van der Waals surface area contributed by atoms with E-state index in [1.807, 2.05) is 36.4 Å². The predicted molar refractivity (Wildman–Crippen MR) is 178 cm³/mol. The first-order valence-corrected chi connectivity index (χ1v) is 14.4. The summed E-state index contributed by atoms with van der Waals surface area (Å²) in [5.41, 5.74) is 3.66. The molecule has 3 aliphatic rings. The molecule has 0 radical (unpaired) electrons. The van der Waals surface area contributed by atoms with Crippen LogP contribution in [-0.4, -0.2) is 123 Å². The maximum absolute atomic E-state index is 7.28. The zero-order valence-electron chi connectivity index (χ0n) is 26.1. The zero-order chi connectivity index (χ0) is 33.7. The van der Waals surface area contributed by atoms with Crippen LogP contribution < -0.4 is 16.0 Å². The average Bonchev–Trinajstić information content (AvgIpc) is 4.01. The molecule has 0 amide bonds. The van der Waals surface area contributed by atoms with Gasteiger partial charge in [0.25, 0.3) is 0 Å². The Hall–Kier alpha value is -6.47. The minimum atomic E-state index is 0.486. The second-order valence-electron chi connectivity index (χ2n) is 8.71. The van der Waals surface area contributed by atoms with Gasteiger partial charge in [-0.25, -0.2) is 15.0 Å². The van der Waals surface area contributed by atoms with Crippen LogP contribution in [0.25, 0.3) is 17.2 Å². The molecule has 9 rings (SSSR count). The number of hydrogen-bond acceptors (Lipinski definition) is 15. The molecule has 1 aliphatic carbocycles. The Morgan fingerprint density at radius 1 is 0.833 bits per heavy atom. The van der Waals surface area contributed by atoms with Gasteiger partial charge in [0, 0.05) is 56.3 Å². The van der Waals surface area contributed by atoms with Crippen molar-refractivity contribution in [2.75, 3.05) is 39.9 Å². The van der Waals surface area contributed by atoms with E-state index in [1.54, 1.807) is 62.7 Å². The monoisotopic (exact) mass is 652 g/mol. The Bertz CT molecular complexity index is 1650. The lowest BCUT2D eigenvalue weighted by Crippen LogP contribution is -2.30. The van der Waals surface area contributed by atoms with Crippen molar-refractivity contribution in [3.63, 3.8) is 0 Å². The Kier molecular flexibility index (Phi) is 17.9. The quantitative estimate of drug-likeness (QED) is 0.119. The molecule has 1 fully saturated rings. The molecule has 0 atom stereocenters. The number of aromatic amines is 4. The normalized spacial score (nSPS) is 14.0. The van der Waals surface area contributed by atoms with Gasteiger partial charge in [0.05, 0.1) is 49.8 Å². The lowest BCUT2D eigenvalue weighted by molar-refractivity contribution is 0.109. The summed E-state index contributed by atoms with van der Waals surface area (Å²) in [6.45, 7) is 4.63. The number of H-pyrrole nitrogens is 4. The van der Waals surface area contributed by atoms with E-state index < -0.39 is 0 Å². The van der Waals surface area contributed by atoms with Gasteiger partial charge in [-0.05, 0) is 30.4 Å². The fraction of sp³-hybridized carbons (Fsp3) is 0.207. The molecule has 0 unspecified atom stereocenters. The van der Waals surface area contributed by atoms with E-state index in [0.717, 1.165) is 60.4 Å². The van der Waals surface area contributed by atoms with Crippen molar-refractivity contribution in [2.45, 2.75) is 0 Å². The number of aliphatic imine (C=N–C) groups is 1. The van der Waals surface area contributed by atoms with E-state index in [0.29, 0.717) is 5.71 Å². The highest BCUT2D eigenvalue weighted by Gasteiger charge is 1.99. The number of morpholine rings is 1. The van der Waals surface area contributed by atoms with Crippen molar-refractivity contribution in [2.24, 2.45) is 9.98 Å². The average molecular weight is 653 g/mol. The molecule has 0 aromatic carbocycles. The van der Waals surface area contributed by atoms with Crippen LogP contribution in [0.15, 0.2) is 108 Å². The van der Waals surface area contributed by atoms with Gasteiger partial charge in [0.2, 0.25) is 0 Å². The summed E-state index contributed by atoms with van der Waals surface area (Å²) in [5, 5.41) is 45.8.